The van der Waals surface area contributed by atoms with Crippen LogP contribution >= 0.6 is 23.1 Å². The van der Waals surface area contributed by atoms with E-state index >= 15 is 0 Å². The first-order valence-corrected chi connectivity index (χ1v) is 13.1. The van der Waals surface area contributed by atoms with E-state index in [4.69, 9.17) is 9.72 Å². The molecule has 4 aromatic rings. The fraction of sp³-hybridized carbons (Fsp3) is 0.269. The van der Waals surface area contributed by atoms with Gasteiger partial charge in [-0.2, -0.15) is 0 Å². The number of para-hydroxylation sites is 1. The van der Waals surface area contributed by atoms with Gasteiger partial charge in [-0.25, -0.2) is 4.98 Å². The number of thiophene rings is 1. The third kappa shape index (κ3) is 4.80. The Kier molecular flexibility index (Phi) is 6.80. The lowest BCUT2D eigenvalue weighted by Gasteiger charge is -2.13. The summed E-state index contributed by atoms with van der Waals surface area (Å²) in [5.41, 5.74) is 3.64. The lowest BCUT2D eigenvalue weighted by Crippen LogP contribution is -2.33. The number of amides is 1. The monoisotopic (exact) mass is 491 g/mol. The predicted molar refractivity (Wildman–Crippen MR) is 138 cm³/mol. The number of carbonyl (C=O) groups excluding carboxylic acids is 1. The molecule has 1 fully saturated rings. The van der Waals surface area contributed by atoms with Crippen molar-refractivity contribution in [1.82, 2.24) is 14.9 Å². The highest BCUT2D eigenvalue weighted by Gasteiger charge is 2.20. The maximum absolute atomic E-state index is 13.8. The third-order valence-corrected chi connectivity index (χ3v) is 7.65. The molecular formula is C26H25N3O3S2. The minimum absolute atomic E-state index is 0.0947. The average molecular weight is 492 g/mol. The number of benzene rings is 2. The quantitative estimate of drug-likeness (QED) is 0.297. The summed E-state index contributed by atoms with van der Waals surface area (Å²) in [5.74, 6) is 0.0780. The molecule has 34 heavy (non-hydrogen) atoms. The molecule has 0 radical (unpaired) electrons. The van der Waals surface area contributed by atoms with Crippen molar-refractivity contribution in [3.8, 4) is 16.8 Å². The minimum Gasteiger partial charge on any atom is -0.376 e. The molecule has 1 atom stereocenters. The zero-order valence-electron chi connectivity index (χ0n) is 18.8. The number of rotatable bonds is 7. The molecule has 0 bridgehead atoms. The molecule has 2 aromatic heterocycles. The summed E-state index contributed by atoms with van der Waals surface area (Å²) in [4.78, 5) is 31.8. The number of fused-ring (bicyclic) bond motifs is 1. The van der Waals surface area contributed by atoms with Gasteiger partial charge in [-0.05, 0) is 37.5 Å². The van der Waals surface area contributed by atoms with E-state index in [1.165, 1.54) is 28.7 Å². The average Bonchev–Trinajstić information content (AvgIpc) is 3.53. The number of hydrogen-bond acceptors (Lipinski definition) is 6. The second kappa shape index (κ2) is 10.1. The van der Waals surface area contributed by atoms with Gasteiger partial charge >= 0.3 is 0 Å². The Hall–Kier alpha value is -2.94. The van der Waals surface area contributed by atoms with Gasteiger partial charge in [0.25, 0.3) is 5.56 Å². The molecule has 1 N–H and O–H groups in total. The van der Waals surface area contributed by atoms with Crippen LogP contribution in [0.5, 0.6) is 0 Å². The molecule has 0 saturated carbocycles. The van der Waals surface area contributed by atoms with E-state index in [9.17, 15) is 9.59 Å². The molecule has 1 amide bonds. The number of aromatic nitrogens is 2. The SMILES string of the molecule is Cc1ccc(-c2csc3nc(SCC(=O)NC[C@H]4CCCO4)n(-c4ccccc4)c(=O)c23)cc1. The predicted octanol–water partition coefficient (Wildman–Crippen LogP) is 4.81. The van der Waals surface area contributed by atoms with Gasteiger partial charge < -0.3 is 10.1 Å². The number of aryl methyl sites for hydroxylation is 1. The zero-order chi connectivity index (χ0) is 23.5. The maximum Gasteiger partial charge on any atom is 0.268 e. The lowest BCUT2D eigenvalue weighted by molar-refractivity contribution is -0.119. The second-order valence-electron chi connectivity index (χ2n) is 8.29. The molecular weight excluding hydrogens is 466 g/mol. The van der Waals surface area contributed by atoms with Gasteiger partial charge in [-0.3, -0.25) is 14.2 Å². The van der Waals surface area contributed by atoms with Crippen LogP contribution in [0.15, 0.2) is 69.9 Å². The fourth-order valence-corrected chi connectivity index (χ4v) is 5.86. The van der Waals surface area contributed by atoms with Crippen LogP contribution in [0.1, 0.15) is 18.4 Å². The second-order valence-corrected chi connectivity index (χ2v) is 10.1. The Morgan fingerprint density at radius 3 is 2.74 bits per heavy atom. The summed E-state index contributed by atoms with van der Waals surface area (Å²) < 4.78 is 7.19. The smallest absolute Gasteiger partial charge is 0.268 e. The number of hydrogen-bond donors (Lipinski definition) is 1. The van der Waals surface area contributed by atoms with Crippen molar-refractivity contribution in [2.75, 3.05) is 18.9 Å². The number of nitrogens with one attached hydrogen (secondary N) is 1. The normalized spacial score (nSPS) is 15.6. The van der Waals surface area contributed by atoms with Gasteiger partial charge in [0.05, 0.1) is 22.9 Å². The Morgan fingerprint density at radius 2 is 2.00 bits per heavy atom. The Morgan fingerprint density at radius 1 is 1.21 bits per heavy atom. The number of ether oxygens (including phenoxy) is 1. The molecule has 0 spiro atoms. The summed E-state index contributed by atoms with van der Waals surface area (Å²) in [6, 6.07) is 17.6. The van der Waals surface area contributed by atoms with Gasteiger partial charge in [0, 0.05) is 24.1 Å². The van der Waals surface area contributed by atoms with E-state index in [1.54, 1.807) is 4.57 Å². The van der Waals surface area contributed by atoms with Gasteiger partial charge in [0.1, 0.15) is 4.83 Å². The zero-order valence-corrected chi connectivity index (χ0v) is 20.5. The van der Waals surface area contributed by atoms with Crippen molar-refractivity contribution in [3.63, 3.8) is 0 Å². The number of carbonyl (C=O) groups is 1. The molecule has 2 aromatic carbocycles. The lowest BCUT2D eigenvalue weighted by atomic mass is 10.1. The number of thioether (sulfide) groups is 1. The van der Waals surface area contributed by atoms with Crippen LogP contribution in [0.4, 0.5) is 0 Å². The molecule has 3 heterocycles. The molecule has 174 valence electrons. The minimum atomic E-state index is -0.129. The van der Waals surface area contributed by atoms with Crippen LogP contribution in [-0.2, 0) is 9.53 Å². The Bertz CT molecular complexity index is 1360. The van der Waals surface area contributed by atoms with E-state index < -0.39 is 0 Å². The van der Waals surface area contributed by atoms with E-state index in [-0.39, 0.29) is 23.3 Å². The van der Waals surface area contributed by atoms with Crippen molar-refractivity contribution < 1.29 is 9.53 Å². The molecule has 1 aliphatic rings. The summed E-state index contributed by atoms with van der Waals surface area (Å²) >= 11 is 2.73. The van der Waals surface area contributed by atoms with E-state index in [0.29, 0.717) is 21.9 Å². The van der Waals surface area contributed by atoms with Crippen LogP contribution in [0.3, 0.4) is 0 Å². The molecule has 0 unspecified atom stereocenters. The first-order chi connectivity index (χ1) is 16.6. The standard InChI is InChI=1S/C26H25N3O3S2/c1-17-9-11-18(12-10-17)21-15-33-24-23(21)25(31)29(19-6-3-2-4-7-19)26(28-24)34-16-22(30)27-14-20-8-5-13-32-20/h2-4,6-7,9-12,15,20H,5,8,13-14,16H2,1H3,(H,27,30)/t20-/m1/s1. The van der Waals surface area contributed by atoms with Crippen molar-refractivity contribution in [2.45, 2.75) is 31.0 Å². The molecule has 8 heteroatoms. The first-order valence-electron chi connectivity index (χ1n) is 11.3. The highest BCUT2D eigenvalue weighted by atomic mass is 32.2. The third-order valence-electron chi connectivity index (χ3n) is 5.84. The molecule has 5 rings (SSSR count). The van der Waals surface area contributed by atoms with Gasteiger partial charge in [0.2, 0.25) is 5.91 Å². The van der Waals surface area contributed by atoms with E-state index in [1.807, 2.05) is 66.9 Å². The first kappa shape index (κ1) is 22.8. The molecule has 6 nitrogen and oxygen atoms in total. The molecule has 1 aliphatic heterocycles. The summed E-state index contributed by atoms with van der Waals surface area (Å²) in [6.45, 7) is 3.32. The largest absolute Gasteiger partial charge is 0.376 e. The van der Waals surface area contributed by atoms with E-state index in [0.717, 1.165) is 36.3 Å². The van der Waals surface area contributed by atoms with Crippen LogP contribution in [0.25, 0.3) is 27.0 Å². The van der Waals surface area contributed by atoms with Crippen molar-refractivity contribution in [3.05, 3.63) is 75.9 Å². The van der Waals surface area contributed by atoms with Crippen molar-refractivity contribution in [2.24, 2.45) is 0 Å². The van der Waals surface area contributed by atoms with Gasteiger partial charge in [-0.1, -0.05) is 59.8 Å². The summed E-state index contributed by atoms with van der Waals surface area (Å²) in [6.07, 6.45) is 2.10. The van der Waals surface area contributed by atoms with Crippen LogP contribution < -0.4 is 10.9 Å². The van der Waals surface area contributed by atoms with Gasteiger partial charge in [0.15, 0.2) is 5.16 Å². The Balaban J connectivity index is 1.49. The van der Waals surface area contributed by atoms with Crippen molar-refractivity contribution in [1.29, 1.82) is 0 Å². The molecule has 0 aliphatic carbocycles. The van der Waals surface area contributed by atoms with Gasteiger partial charge in [-0.15, -0.1) is 11.3 Å². The fourth-order valence-electron chi connectivity index (χ4n) is 4.03. The number of nitrogens with zero attached hydrogens (tertiary/aromatic N) is 2. The van der Waals surface area contributed by atoms with Crippen molar-refractivity contribution >= 4 is 39.2 Å². The van der Waals surface area contributed by atoms with Crippen LogP contribution in [0, 0.1) is 6.92 Å². The Labute approximate surface area is 206 Å². The summed E-state index contributed by atoms with van der Waals surface area (Å²) in [5, 5.41) is 6.04. The molecule has 1 saturated heterocycles. The topological polar surface area (TPSA) is 73.2 Å². The highest BCUT2D eigenvalue weighted by Crippen LogP contribution is 2.33. The summed E-state index contributed by atoms with van der Waals surface area (Å²) in [7, 11) is 0. The van der Waals surface area contributed by atoms with Crippen LogP contribution in [0.2, 0.25) is 0 Å². The van der Waals surface area contributed by atoms with Crippen LogP contribution in [-0.4, -0.2) is 40.5 Å². The maximum atomic E-state index is 13.8. The highest BCUT2D eigenvalue weighted by molar-refractivity contribution is 7.99. The van der Waals surface area contributed by atoms with E-state index in [2.05, 4.69) is 5.32 Å².